The molecule has 0 unspecified atom stereocenters. The smallest absolute Gasteiger partial charge is 0.444 e. The highest BCUT2D eigenvalue weighted by molar-refractivity contribution is 6.01. The summed E-state index contributed by atoms with van der Waals surface area (Å²) < 4.78 is 51.9. The molecule has 1 aromatic carbocycles. The van der Waals surface area contributed by atoms with Gasteiger partial charge in [-0.25, -0.2) is 9.59 Å². The summed E-state index contributed by atoms with van der Waals surface area (Å²) in [6, 6.07) is 1.83. The van der Waals surface area contributed by atoms with Gasteiger partial charge in [0.15, 0.2) is 0 Å². The number of ether oxygens (including phenoxy) is 3. The average molecular weight is 462 g/mol. The topological polar surface area (TPSA) is 103 Å². The van der Waals surface area contributed by atoms with E-state index in [1.165, 1.54) is 0 Å². The lowest BCUT2D eigenvalue weighted by atomic mass is 9.98. The molecule has 1 aromatic rings. The minimum atomic E-state index is -4.93. The van der Waals surface area contributed by atoms with E-state index in [9.17, 15) is 27.6 Å². The van der Waals surface area contributed by atoms with Crippen molar-refractivity contribution in [3.63, 3.8) is 0 Å². The molecule has 1 aliphatic rings. The number of fused-ring (bicyclic) bond motifs is 1. The van der Waals surface area contributed by atoms with E-state index in [0.717, 1.165) is 18.2 Å². The highest BCUT2D eigenvalue weighted by Crippen LogP contribution is 2.34. The van der Waals surface area contributed by atoms with Crippen molar-refractivity contribution in [2.24, 2.45) is 0 Å². The molecule has 0 radical (unpaired) electrons. The summed E-state index contributed by atoms with van der Waals surface area (Å²) in [5.41, 5.74) is -1.65. The van der Waals surface area contributed by atoms with Crippen LogP contribution in [0.15, 0.2) is 18.2 Å². The lowest BCUT2D eigenvalue weighted by Crippen LogP contribution is -2.54. The summed E-state index contributed by atoms with van der Waals surface area (Å²) in [4.78, 5) is 42.2. The maximum absolute atomic E-state index is 12.9. The SMILES string of the molecule is CC(C)(C)OC(=O)N[C@H]1Cc2cc(OC(F)(F)F)ccc2N(OC(=O)OC(C)(C)C)C1=O. The number of hydroxylamine groups is 1. The summed E-state index contributed by atoms with van der Waals surface area (Å²) >= 11 is 0. The van der Waals surface area contributed by atoms with E-state index in [0.29, 0.717) is 5.06 Å². The van der Waals surface area contributed by atoms with Gasteiger partial charge in [0.1, 0.15) is 23.0 Å². The van der Waals surface area contributed by atoms with Gasteiger partial charge in [0.05, 0.1) is 5.69 Å². The molecule has 9 nitrogen and oxygen atoms in total. The van der Waals surface area contributed by atoms with Gasteiger partial charge >= 0.3 is 18.6 Å². The zero-order chi connectivity index (χ0) is 24.5. The Balaban J connectivity index is 2.35. The number of rotatable bonds is 3. The van der Waals surface area contributed by atoms with E-state index in [4.69, 9.17) is 14.3 Å². The van der Waals surface area contributed by atoms with Crippen molar-refractivity contribution in [2.75, 3.05) is 5.06 Å². The number of halogens is 3. The predicted molar refractivity (Wildman–Crippen MR) is 105 cm³/mol. The summed E-state index contributed by atoms with van der Waals surface area (Å²) in [5, 5.41) is 2.90. The number of alkyl carbamates (subject to hydrolysis) is 1. The Morgan fingerprint density at radius 1 is 1.03 bits per heavy atom. The quantitative estimate of drug-likeness (QED) is 0.671. The van der Waals surface area contributed by atoms with Crippen molar-refractivity contribution < 1.29 is 46.6 Å². The average Bonchev–Trinajstić information content (AvgIpc) is 2.53. The molecule has 32 heavy (non-hydrogen) atoms. The molecule has 178 valence electrons. The molecule has 1 heterocycles. The van der Waals surface area contributed by atoms with Crippen LogP contribution in [0.3, 0.4) is 0 Å². The predicted octanol–water partition coefficient (Wildman–Crippen LogP) is 4.23. The second-order valence-electron chi connectivity index (χ2n) is 8.93. The van der Waals surface area contributed by atoms with Gasteiger partial charge in [0.25, 0.3) is 5.91 Å². The first-order valence-corrected chi connectivity index (χ1v) is 9.57. The minimum absolute atomic E-state index is 0.00220. The van der Waals surface area contributed by atoms with Crippen LogP contribution in [0, 0.1) is 0 Å². The first-order chi connectivity index (χ1) is 14.4. The standard InChI is InChI=1S/C20H25F3N2O7/c1-18(2,3)30-16(27)24-13-10-11-9-12(29-20(21,22)23)7-8-14(11)25(15(13)26)32-17(28)31-19(4,5)6/h7-9,13H,10H2,1-6H3,(H,24,27)/t13-/m0/s1. The van der Waals surface area contributed by atoms with Gasteiger partial charge in [0.2, 0.25) is 0 Å². The van der Waals surface area contributed by atoms with Crippen LogP contribution in [-0.4, -0.2) is 41.8 Å². The van der Waals surface area contributed by atoms with Crippen molar-refractivity contribution in [1.82, 2.24) is 5.32 Å². The van der Waals surface area contributed by atoms with Crippen LogP contribution < -0.4 is 15.1 Å². The number of nitrogens with zero attached hydrogens (tertiary/aromatic N) is 1. The fraction of sp³-hybridized carbons (Fsp3) is 0.550. The molecule has 0 aliphatic carbocycles. The van der Waals surface area contributed by atoms with Crippen molar-refractivity contribution in [2.45, 2.75) is 71.6 Å². The van der Waals surface area contributed by atoms with Gasteiger partial charge in [-0.2, -0.15) is 0 Å². The normalized spacial score (nSPS) is 16.7. The number of carbonyl (C=O) groups excluding carboxylic acids is 3. The number of hydrogen-bond acceptors (Lipinski definition) is 7. The molecule has 0 saturated carbocycles. The number of hydrogen-bond donors (Lipinski definition) is 1. The Hall–Kier alpha value is -3.18. The molecule has 0 fully saturated rings. The fourth-order valence-corrected chi connectivity index (χ4v) is 2.69. The van der Waals surface area contributed by atoms with Gasteiger partial charge in [-0.1, -0.05) is 0 Å². The molecule has 2 amide bonds. The molecule has 0 aromatic heterocycles. The molecule has 12 heteroatoms. The number of anilines is 1. The van der Waals surface area contributed by atoms with Gasteiger partial charge in [-0.15, -0.1) is 18.2 Å². The van der Waals surface area contributed by atoms with Crippen LogP contribution in [0.1, 0.15) is 47.1 Å². The third kappa shape index (κ3) is 7.50. The van der Waals surface area contributed by atoms with E-state index in [1.807, 2.05) is 0 Å². The summed E-state index contributed by atoms with van der Waals surface area (Å²) in [7, 11) is 0. The van der Waals surface area contributed by atoms with E-state index in [1.54, 1.807) is 41.5 Å². The van der Waals surface area contributed by atoms with Gasteiger partial charge in [0, 0.05) is 6.42 Å². The first kappa shape index (κ1) is 25.1. The molecular formula is C20H25F3N2O7. The fourth-order valence-electron chi connectivity index (χ4n) is 2.69. The first-order valence-electron chi connectivity index (χ1n) is 9.57. The number of nitrogens with one attached hydrogen (secondary N) is 1. The lowest BCUT2D eigenvalue weighted by Gasteiger charge is -2.33. The van der Waals surface area contributed by atoms with Crippen molar-refractivity contribution >= 4 is 23.8 Å². The zero-order valence-electron chi connectivity index (χ0n) is 18.5. The van der Waals surface area contributed by atoms with Crippen LogP contribution in [0.5, 0.6) is 5.75 Å². The Kier molecular flexibility index (Phi) is 6.86. The summed E-state index contributed by atoms with van der Waals surface area (Å²) in [5.74, 6) is -1.39. The Morgan fingerprint density at radius 3 is 2.16 bits per heavy atom. The lowest BCUT2D eigenvalue weighted by molar-refractivity contribution is -0.274. The molecule has 1 atom stereocenters. The zero-order valence-corrected chi connectivity index (χ0v) is 18.5. The number of amides is 2. The van der Waals surface area contributed by atoms with Crippen LogP contribution in [0.4, 0.5) is 28.4 Å². The second-order valence-corrected chi connectivity index (χ2v) is 8.93. The highest BCUT2D eigenvalue weighted by atomic mass is 19.4. The minimum Gasteiger partial charge on any atom is -0.444 e. The largest absolute Gasteiger partial charge is 0.573 e. The number of benzene rings is 1. The van der Waals surface area contributed by atoms with Gasteiger partial charge in [-0.3, -0.25) is 9.63 Å². The van der Waals surface area contributed by atoms with Crippen LogP contribution in [0.2, 0.25) is 0 Å². The monoisotopic (exact) mass is 462 g/mol. The van der Waals surface area contributed by atoms with Crippen LogP contribution in [-0.2, 0) is 25.5 Å². The second kappa shape index (κ2) is 8.75. The molecule has 0 spiro atoms. The molecule has 0 bridgehead atoms. The van der Waals surface area contributed by atoms with Gasteiger partial charge < -0.3 is 19.5 Å². The Bertz CT molecular complexity index is 889. The molecule has 1 N–H and O–H groups in total. The van der Waals surface area contributed by atoms with E-state index < -0.39 is 47.5 Å². The Morgan fingerprint density at radius 2 is 1.62 bits per heavy atom. The number of alkyl halides is 3. The summed E-state index contributed by atoms with van der Waals surface area (Å²) in [6.45, 7) is 9.57. The molecule has 2 rings (SSSR count). The third-order valence-corrected chi connectivity index (χ3v) is 3.67. The van der Waals surface area contributed by atoms with Gasteiger partial charge in [-0.05, 0) is 65.3 Å². The maximum Gasteiger partial charge on any atom is 0.573 e. The van der Waals surface area contributed by atoms with Crippen molar-refractivity contribution in [3.05, 3.63) is 23.8 Å². The number of carbonyl (C=O) groups is 3. The molecular weight excluding hydrogens is 437 g/mol. The van der Waals surface area contributed by atoms with Crippen LogP contribution in [0.25, 0.3) is 0 Å². The third-order valence-electron chi connectivity index (χ3n) is 3.67. The Labute approximate surface area is 182 Å². The highest BCUT2D eigenvalue weighted by Gasteiger charge is 2.39. The van der Waals surface area contributed by atoms with Crippen LogP contribution >= 0.6 is 0 Å². The maximum atomic E-state index is 12.9. The molecule has 0 saturated heterocycles. The van der Waals surface area contributed by atoms with E-state index in [2.05, 4.69) is 10.1 Å². The van der Waals surface area contributed by atoms with E-state index in [-0.39, 0.29) is 17.7 Å². The van der Waals surface area contributed by atoms with Crippen molar-refractivity contribution in [1.29, 1.82) is 0 Å². The molecule has 1 aliphatic heterocycles. The van der Waals surface area contributed by atoms with Crippen molar-refractivity contribution in [3.8, 4) is 5.75 Å². The summed E-state index contributed by atoms with van der Waals surface area (Å²) in [6.07, 6.45) is -7.28. The van der Waals surface area contributed by atoms with E-state index >= 15 is 0 Å².